The predicted molar refractivity (Wildman–Crippen MR) is 121 cm³/mol. The quantitative estimate of drug-likeness (QED) is 0.599. The predicted octanol–water partition coefficient (Wildman–Crippen LogP) is 4.50. The summed E-state index contributed by atoms with van der Waals surface area (Å²) in [6, 6.07) is 23.7. The van der Waals surface area contributed by atoms with Crippen LogP contribution in [0.2, 0.25) is 0 Å². The Balaban J connectivity index is 1.44. The zero-order chi connectivity index (χ0) is 20.9. The van der Waals surface area contributed by atoms with Crippen LogP contribution in [0.4, 0.5) is 17.1 Å². The van der Waals surface area contributed by atoms with Crippen LogP contribution < -0.4 is 15.5 Å². The Kier molecular flexibility index (Phi) is 5.80. The maximum atomic E-state index is 12.5. The van der Waals surface area contributed by atoms with E-state index < -0.39 is 0 Å². The molecule has 0 radical (unpaired) electrons. The highest BCUT2D eigenvalue weighted by atomic mass is 16.2. The number of fused-ring (bicyclic) bond motifs is 1. The van der Waals surface area contributed by atoms with Crippen molar-refractivity contribution in [2.45, 2.75) is 19.9 Å². The first-order valence-electron chi connectivity index (χ1n) is 10.2. The van der Waals surface area contributed by atoms with Crippen LogP contribution in [0, 0.1) is 0 Å². The number of amides is 1. The minimum atomic E-state index is -0.192. The molecule has 1 amide bonds. The number of Topliss-reactive ketones (excluding diaryl/α,β-unsaturated/α-hetero) is 1. The number of benzene rings is 3. The summed E-state index contributed by atoms with van der Waals surface area (Å²) in [5, 5.41) is 6.10. The molecule has 30 heavy (non-hydrogen) atoms. The number of anilines is 3. The Bertz CT molecular complexity index is 1080. The van der Waals surface area contributed by atoms with Crippen LogP contribution in [0.3, 0.4) is 0 Å². The van der Waals surface area contributed by atoms with Crippen LogP contribution in [-0.4, -0.2) is 24.8 Å². The van der Waals surface area contributed by atoms with Crippen LogP contribution in [0.1, 0.15) is 28.4 Å². The maximum Gasteiger partial charge on any atom is 0.243 e. The largest absolute Gasteiger partial charge is 0.374 e. The molecule has 2 N–H and O–H groups in total. The van der Waals surface area contributed by atoms with Crippen molar-refractivity contribution in [1.29, 1.82) is 0 Å². The molecule has 0 saturated carbocycles. The molecule has 0 saturated heterocycles. The van der Waals surface area contributed by atoms with E-state index in [1.807, 2.05) is 18.2 Å². The fourth-order valence-electron chi connectivity index (χ4n) is 3.87. The number of para-hydroxylation sites is 3. The molecule has 5 heteroatoms. The first-order chi connectivity index (χ1) is 14.6. The van der Waals surface area contributed by atoms with Crippen molar-refractivity contribution in [3.8, 4) is 0 Å². The van der Waals surface area contributed by atoms with Crippen LogP contribution in [0.5, 0.6) is 0 Å². The van der Waals surface area contributed by atoms with Gasteiger partial charge in [-0.15, -0.1) is 0 Å². The van der Waals surface area contributed by atoms with Gasteiger partial charge in [0.25, 0.3) is 0 Å². The minimum absolute atomic E-state index is 0.0745. The number of hydrogen-bond acceptors (Lipinski definition) is 4. The molecule has 3 aromatic rings. The van der Waals surface area contributed by atoms with Crippen molar-refractivity contribution in [2.24, 2.45) is 0 Å². The maximum absolute atomic E-state index is 12.5. The highest BCUT2D eigenvalue weighted by Crippen LogP contribution is 2.30. The van der Waals surface area contributed by atoms with Crippen molar-refractivity contribution < 1.29 is 9.59 Å². The third-order valence-corrected chi connectivity index (χ3v) is 5.40. The second-order valence-electron chi connectivity index (χ2n) is 7.46. The number of carbonyl (C=O) groups is 2. The Hall–Kier alpha value is -3.60. The van der Waals surface area contributed by atoms with Crippen LogP contribution in [0.15, 0.2) is 72.8 Å². The monoisotopic (exact) mass is 399 g/mol. The number of rotatable bonds is 6. The highest BCUT2D eigenvalue weighted by molar-refractivity contribution is 6.04. The van der Waals surface area contributed by atoms with Gasteiger partial charge in [0.15, 0.2) is 5.78 Å². The van der Waals surface area contributed by atoms with Gasteiger partial charge in [0.1, 0.15) is 0 Å². The van der Waals surface area contributed by atoms with Crippen molar-refractivity contribution in [1.82, 2.24) is 0 Å². The zero-order valence-corrected chi connectivity index (χ0v) is 17.0. The summed E-state index contributed by atoms with van der Waals surface area (Å²) in [5.41, 5.74) is 5.81. The number of hydrogen-bond donors (Lipinski definition) is 2. The Morgan fingerprint density at radius 2 is 1.53 bits per heavy atom. The van der Waals surface area contributed by atoms with Crippen molar-refractivity contribution >= 4 is 28.8 Å². The van der Waals surface area contributed by atoms with Crippen LogP contribution in [0.25, 0.3) is 0 Å². The van der Waals surface area contributed by atoms with Gasteiger partial charge in [-0.3, -0.25) is 9.59 Å². The van der Waals surface area contributed by atoms with Gasteiger partial charge in [-0.25, -0.2) is 0 Å². The lowest BCUT2D eigenvalue weighted by atomic mass is 9.99. The molecule has 3 aromatic carbocycles. The van der Waals surface area contributed by atoms with E-state index in [0.717, 1.165) is 30.9 Å². The molecule has 1 heterocycles. The van der Waals surface area contributed by atoms with Gasteiger partial charge in [0.05, 0.1) is 23.6 Å². The van der Waals surface area contributed by atoms with E-state index >= 15 is 0 Å². The molecular formula is C25H25N3O2. The zero-order valence-electron chi connectivity index (χ0n) is 17.0. The molecule has 4 rings (SSSR count). The highest BCUT2D eigenvalue weighted by Gasteiger charge is 2.18. The normalized spacial score (nSPS) is 12.8. The average Bonchev–Trinajstić information content (AvgIpc) is 2.78. The second-order valence-corrected chi connectivity index (χ2v) is 7.46. The molecule has 1 aliphatic heterocycles. The van der Waals surface area contributed by atoms with E-state index in [0.29, 0.717) is 11.3 Å². The third kappa shape index (κ3) is 4.35. The van der Waals surface area contributed by atoms with Gasteiger partial charge >= 0.3 is 0 Å². The summed E-state index contributed by atoms with van der Waals surface area (Å²) < 4.78 is 0. The molecule has 1 aliphatic rings. The lowest BCUT2D eigenvalue weighted by Gasteiger charge is -2.32. The molecule has 0 bridgehead atoms. The summed E-state index contributed by atoms with van der Waals surface area (Å²) in [4.78, 5) is 26.6. The lowest BCUT2D eigenvalue weighted by molar-refractivity contribution is -0.114. The van der Waals surface area contributed by atoms with Gasteiger partial charge < -0.3 is 15.5 Å². The molecular weight excluding hydrogens is 374 g/mol. The topological polar surface area (TPSA) is 61.4 Å². The number of ketones is 1. The van der Waals surface area contributed by atoms with E-state index in [-0.39, 0.29) is 18.2 Å². The standard InChI is InChI=1S/C25H25N3O2/c1-18(29)21-10-4-5-11-22(21)27-25(30)16-26-23-12-6-7-13-24(23)28-15-14-19-8-2-3-9-20(19)17-28/h2-13,26H,14-17H2,1H3,(H,27,30). The minimum Gasteiger partial charge on any atom is -0.374 e. The van der Waals surface area contributed by atoms with E-state index in [2.05, 4.69) is 45.9 Å². The average molecular weight is 399 g/mol. The number of nitrogens with zero attached hydrogens (tertiary/aromatic N) is 1. The smallest absolute Gasteiger partial charge is 0.243 e. The van der Waals surface area contributed by atoms with E-state index in [1.165, 1.54) is 18.1 Å². The first kappa shape index (κ1) is 19.7. The van der Waals surface area contributed by atoms with Gasteiger partial charge in [-0.05, 0) is 48.7 Å². The number of carbonyl (C=O) groups excluding carboxylic acids is 2. The SMILES string of the molecule is CC(=O)c1ccccc1NC(=O)CNc1ccccc1N1CCc2ccccc2C1. The molecule has 0 aliphatic carbocycles. The summed E-state index contributed by atoms with van der Waals surface area (Å²) in [7, 11) is 0. The second kappa shape index (κ2) is 8.82. The Morgan fingerprint density at radius 3 is 2.33 bits per heavy atom. The first-order valence-corrected chi connectivity index (χ1v) is 10.2. The summed E-state index contributed by atoms with van der Waals surface area (Å²) in [6.07, 6.45) is 1.01. The molecule has 152 valence electrons. The van der Waals surface area contributed by atoms with Gasteiger partial charge in [0.2, 0.25) is 5.91 Å². The summed E-state index contributed by atoms with van der Waals surface area (Å²) in [5.74, 6) is -0.267. The van der Waals surface area contributed by atoms with E-state index in [4.69, 9.17) is 0 Å². The van der Waals surface area contributed by atoms with Crippen molar-refractivity contribution in [3.05, 3.63) is 89.5 Å². The Labute approximate surface area is 176 Å². The fraction of sp³-hybridized carbons (Fsp3) is 0.200. The number of nitrogens with one attached hydrogen (secondary N) is 2. The van der Waals surface area contributed by atoms with Crippen molar-refractivity contribution in [2.75, 3.05) is 28.6 Å². The Morgan fingerprint density at radius 1 is 0.867 bits per heavy atom. The molecule has 5 nitrogen and oxygen atoms in total. The van der Waals surface area contributed by atoms with Gasteiger partial charge in [-0.2, -0.15) is 0 Å². The van der Waals surface area contributed by atoms with Crippen LogP contribution in [-0.2, 0) is 17.8 Å². The molecule has 0 aromatic heterocycles. The van der Waals surface area contributed by atoms with Gasteiger partial charge in [-0.1, -0.05) is 48.5 Å². The fourth-order valence-corrected chi connectivity index (χ4v) is 3.87. The van der Waals surface area contributed by atoms with Crippen molar-refractivity contribution in [3.63, 3.8) is 0 Å². The van der Waals surface area contributed by atoms with E-state index in [1.54, 1.807) is 24.3 Å². The van der Waals surface area contributed by atoms with Crippen LogP contribution >= 0.6 is 0 Å². The molecule has 0 atom stereocenters. The third-order valence-electron chi connectivity index (χ3n) is 5.40. The summed E-state index contributed by atoms with van der Waals surface area (Å²) >= 11 is 0. The lowest BCUT2D eigenvalue weighted by Crippen LogP contribution is -2.31. The van der Waals surface area contributed by atoms with Gasteiger partial charge in [0, 0.05) is 18.7 Å². The molecule has 0 fully saturated rings. The molecule has 0 unspecified atom stereocenters. The summed E-state index contributed by atoms with van der Waals surface area (Å²) in [6.45, 7) is 3.41. The molecule has 0 spiro atoms. The van der Waals surface area contributed by atoms with E-state index in [9.17, 15) is 9.59 Å².